The quantitative estimate of drug-likeness (QED) is 0.611. The van der Waals surface area contributed by atoms with Crippen molar-refractivity contribution in [3.8, 4) is 0 Å². The maximum Gasteiger partial charge on any atom is 0.303 e. The molecule has 0 aliphatic carbocycles. The summed E-state index contributed by atoms with van der Waals surface area (Å²) in [5, 5.41) is 19.3. The first-order chi connectivity index (χ1) is 12.2. The summed E-state index contributed by atoms with van der Waals surface area (Å²) in [5.74, 6) is -3.70. The number of nitrogens with zero attached hydrogens (tertiary/aromatic N) is 2. The van der Waals surface area contributed by atoms with E-state index in [0.717, 1.165) is 11.7 Å². The molecule has 0 bridgehead atoms. The third kappa shape index (κ3) is 4.88. The number of carbonyl (C=O) groups excluding carboxylic acids is 1. The number of carboxylic acids is 2. The van der Waals surface area contributed by atoms with Crippen LogP contribution >= 0.6 is 11.8 Å². The summed E-state index contributed by atoms with van der Waals surface area (Å²) in [5.41, 5.74) is -0.422. The third-order valence-electron chi connectivity index (χ3n) is 4.61. The average Bonchev–Trinajstić information content (AvgIpc) is 2.97. The minimum atomic E-state index is -1.05. The second kappa shape index (κ2) is 8.72. The normalized spacial score (nSPS) is 30.3. The number of aliphatic imine (C=N–C) groups is 1. The number of ether oxygens (including phenoxy) is 2. The lowest BCUT2D eigenvalue weighted by atomic mass is 9.76. The van der Waals surface area contributed by atoms with Crippen LogP contribution in [0.4, 0.5) is 0 Å². The number of aliphatic carboxylic acids is 2. The number of fused-ring (bicyclic) bond motifs is 1. The first-order valence-electron chi connectivity index (χ1n) is 8.40. The topological polar surface area (TPSA) is 126 Å². The van der Waals surface area contributed by atoms with E-state index < -0.39 is 47.3 Å². The minimum absolute atomic E-state index is 0.105. The molecule has 2 heterocycles. The molecule has 2 aliphatic rings. The van der Waals surface area contributed by atoms with Crippen LogP contribution in [0.2, 0.25) is 0 Å². The maximum atomic E-state index is 11.4. The van der Waals surface area contributed by atoms with E-state index in [1.54, 1.807) is 0 Å². The van der Waals surface area contributed by atoms with E-state index in [4.69, 9.17) is 9.47 Å². The number of carboxylic acid groups (broad SMARTS) is 2. The Labute approximate surface area is 155 Å². The highest BCUT2D eigenvalue weighted by Crippen LogP contribution is 2.45. The molecule has 1 saturated heterocycles. The fraction of sp³-hybridized carbons (Fsp3) is 0.750. The Balaban J connectivity index is 2.31. The molecule has 1 fully saturated rings. The van der Waals surface area contributed by atoms with Crippen LogP contribution in [0.1, 0.15) is 26.7 Å². The van der Waals surface area contributed by atoms with Gasteiger partial charge >= 0.3 is 17.9 Å². The highest BCUT2D eigenvalue weighted by molar-refractivity contribution is 8.14. The predicted molar refractivity (Wildman–Crippen MR) is 93.9 cm³/mol. The Bertz CT molecular complexity index is 597. The van der Waals surface area contributed by atoms with Gasteiger partial charge in [0.1, 0.15) is 12.0 Å². The lowest BCUT2D eigenvalue weighted by Gasteiger charge is -2.42. The van der Waals surface area contributed by atoms with Crippen molar-refractivity contribution < 1.29 is 34.1 Å². The molecule has 26 heavy (non-hydrogen) atoms. The van der Waals surface area contributed by atoms with Crippen LogP contribution in [0.25, 0.3) is 0 Å². The van der Waals surface area contributed by atoms with E-state index in [1.807, 2.05) is 18.9 Å². The summed E-state index contributed by atoms with van der Waals surface area (Å²) in [6.45, 7) is 3.85. The first-order valence-corrected chi connectivity index (χ1v) is 9.28. The number of amidine groups is 1. The van der Waals surface area contributed by atoms with E-state index in [-0.39, 0.29) is 19.4 Å². The van der Waals surface area contributed by atoms with E-state index >= 15 is 0 Å². The van der Waals surface area contributed by atoms with Gasteiger partial charge < -0.3 is 24.6 Å². The fourth-order valence-electron chi connectivity index (χ4n) is 3.24. The second-order valence-electron chi connectivity index (χ2n) is 6.40. The minimum Gasteiger partial charge on any atom is -0.481 e. The van der Waals surface area contributed by atoms with Gasteiger partial charge in [-0.1, -0.05) is 11.8 Å². The maximum absolute atomic E-state index is 11.4. The van der Waals surface area contributed by atoms with Crippen LogP contribution in [0, 0.1) is 11.8 Å². The molecule has 9 nitrogen and oxygen atoms in total. The molecule has 0 aromatic carbocycles. The van der Waals surface area contributed by atoms with Crippen molar-refractivity contribution in [3.63, 3.8) is 0 Å². The summed E-state index contributed by atoms with van der Waals surface area (Å²) in [4.78, 5) is 40.4. The summed E-state index contributed by atoms with van der Waals surface area (Å²) in [7, 11) is 1.88. The smallest absolute Gasteiger partial charge is 0.303 e. The highest BCUT2D eigenvalue weighted by Gasteiger charge is 2.50. The Morgan fingerprint density at radius 3 is 2.38 bits per heavy atom. The van der Waals surface area contributed by atoms with Crippen molar-refractivity contribution in [1.29, 1.82) is 0 Å². The van der Waals surface area contributed by atoms with Crippen LogP contribution in [-0.4, -0.2) is 76.0 Å². The Morgan fingerprint density at radius 1 is 1.23 bits per heavy atom. The molecule has 0 radical (unpaired) electrons. The zero-order chi connectivity index (χ0) is 19.4. The standard InChI is InChI=1S/C16H24N2O7S/c1-4-18(3)16-17-14-10(6-13(22)23)9(5-12(20)21)11(7-24-8(2)19)25-15(14)26-16/h9-11,14-15H,4-7H2,1-3H3,(H,20,21)(H,22,23)/t9-,10+,11-,14+,15+/m0/s1. The van der Waals surface area contributed by atoms with Crippen LogP contribution in [0.5, 0.6) is 0 Å². The van der Waals surface area contributed by atoms with Gasteiger partial charge in [0.25, 0.3) is 0 Å². The van der Waals surface area contributed by atoms with Crippen molar-refractivity contribution in [2.45, 2.75) is 44.3 Å². The highest BCUT2D eigenvalue weighted by atomic mass is 32.2. The molecule has 0 aromatic rings. The van der Waals surface area contributed by atoms with Crippen molar-refractivity contribution in [2.75, 3.05) is 20.2 Å². The molecular formula is C16H24N2O7S. The zero-order valence-electron chi connectivity index (χ0n) is 15.0. The first kappa shape index (κ1) is 20.5. The third-order valence-corrected chi connectivity index (χ3v) is 5.86. The number of carbonyl (C=O) groups is 3. The van der Waals surface area contributed by atoms with Gasteiger partial charge in [0.2, 0.25) is 0 Å². The van der Waals surface area contributed by atoms with Gasteiger partial charge in [0.05, 0.1) is 25.0 Å². The van der Waals surface area contributed by atoms with Gasteiger partial charge in [-0.25, -0.2) is 0 Å². The monoisotopic (exact) mass is 388 g/mol. The Hall–Kier alpha value is -1.81. The summed E-state index contributed by atoms with van der Waals surface area (Å²) < 4.78 is 11.0. The van der Waals surface area contributed by atoms with E-state index in [9.17, 15) is 24.6 Å². The molecule has 0 saturated carbocycles. The summed E-state index contributed by atoms with van der Waals surface area (Å²) in [6, 6.07) is -0.446. The van der Waals surface area contributed by atoms with Gasteiger partial charge in [-0.3, -0.25) is 19.4 Å². The summed E-state index contributed by atoms with van der Waals surface area (Å²) >= 11 is 1.39. The van der Waals surface area contributed by atoms with E-state index in [1.165, 1.54) is 18.7 Å². The molecule has 0 spiro atoms. The largest absolute Gasteiger partial charge is 0.481 e. The lowest BCUT2D eigenvalue weighted by molar-refractivity contribution is -0.162. The van der Waals surface area contributed by atoms with Crippen LogP contribution in [0.3, 0.4) is 0 Å². The molecule has 146 valence electrons. The zero-order valence-corrected chi connectivity index (χ0v) is 15.8. The van der Waals surface area contributed by atoms with Crippen LogP contribution in [0.15, 0.2) is 4.99 Å². The summed E-state index contributed by atoms with van der Waals surface area (Å²) in [6.07, 6.45) is -1.17. The Kier molecular flexibility index (Phi) is 6.87. The molecule has 2 aliphatic heterocycles. The van der Waals surface area contributed by atoms with Gasteiger partial charge in [-0.2, -0.15) is 0 Å². The van der Waals surface area contributed by atoms with Crippen molar-refractivity contribution in [1.82, 2.24) is 4.90 Å². The SMILES string of the molecule is CCN(C)C1=N[C@@H]2[C@H](CC(=O)O)[C@H](CC(=O)O)[C@H](COC(C)=O)O[C@@H]2S1. The second-order valence-corrected chi connectivity index (χ2v) is 7.47. The fourth-order valence-corrected chi connectivity index (χ4v) is 4.54. The van der Waals surface area contributed by atoms with Gasteiger partial charge in [0.15, 0.2) is 5.17 Å². The van der Waals surface area contributed by atoms with Crippen molar-refractivity contribution >= 4 is 34.8 Å². The molecule has 0 amide bonds. The lowest BCUT2D eigenvalue weighted by Crippen LogP contribution is -2.50. The van der Waals surface area contributed by atoms with E-state index in [0.29, 0.717) is 0 Å². The number of thioether (sulfide) groups is 1. The Morgan fingerprint density at radius 2 is 1.85 bits per heavy atom. The van der Waals surface area contributed by atoms with Crippen molar-refractivity contribution in [2.24, 2.45) is 16.8 Å². The molecule has 10 heteroatoms. The van der Waals surface area contributed by atoms with Gasteiger partial charge in [-0.05, 0) is 6.92 Å². The predicted octanol–water partition coefficient (Wildman–Crippen LogP) is 0.879. The average molecular weight is 388 g/mol. The molecule has 0 unspecified atom stereocenters. The van der Waals surface area contributed by atoms with Crippen LogP contribution in [-0.2, 0) is 23.9 Å². The van der Waals surface area contributed by atoms with Gasteiger partial charge in [0, 0.05) is 32.4 Å². The van der Waals surface area contributed by atoms with E-state index in [2.05, 4.69) is 4.99 Å². The number of esters is 1. The van der Waals surface area contributed by atoms with Crippen LogP contribution < -0.4 is 0 Å². The number of hydrogen-bond acceptors (Lipinski definition) is 8. The molecule has 5 atom stereocenters. The van der Waals surface area contributed by atoms with Gasteiger partial charge in [-0.15, -0.1) is 0 Å². The number of rotatable bonds is 7. The molecule has 2 N–H and O–H groups in total. The number of hydrogen-bond donors (Lipinski definition) is 2. The molecule has 2 rings (SSSR count). The molecule has 0 aromatic heterocycles. The van der Waals surface area contributed by atoms with Crippen molar-refractivity contribution in [3.05, 3.63) is 0 Å². The molecular weight excluding hydrogens is 364 g/mol.